The Hall–Kier alpha value is -1.83. The summed E-state index contributed by atoms with van der Waals surface area (Å²) in [4.78, 5) is 27.5. The zero-order valence-corrected chi connectivity index (χ0v) is 12.0. The lowest BCUT2D eigenvalue weighted by atomic mass is 10.1. The summed E-state index contributed by atoms with van der Waals surface area (Å²) >= 11 is 5.82. The van der Waals surface area contributed by atoms with E-state index >= 15 is 0 Å². The van der Waals surface area contributed by atoms with E-state index in [1.807, 2.05) is 20.8 Å². The summed E-state index contributed by atoms with van der Waals surface area (Å²) in [6, 6.07) is 0. The van der Waals surface area contributed by atoms with Crippen LogP contribution in [0.1, 0.15) is 27.7 Å². The number of anilines is 2. The van der Waals surface area contributed by atoms with Gasteiger partial charge in [0.15, 0.2) is 0 Å². The summed E-state index contributed by atoms with van der Waals surface area (Å²) in [5.41, 5.74) is 4.72. The van der Waals surface area contributed by atoms with Crippen molar-refractivity contribution in [1.82, 2.24) is 15.0 Å². The van der Waals surface area contributed by atoms with Crippen LogP contribution >= 0.6 is 11.6 Å². The number of halogens is 1. The Morgan fingerprint density at radius 2 is 2.05 bits per heavy atom. The molecule has 0 aromatic carbocycles. The first kappa shape index (κ1) is 15.2. The predicted molar refractivity (Wildman–Crippen MR) is 71.9 cm³/mol. The third kappa shape index (κ3) is 5.12. The molecular formula is C10H17ClN6O2. The summed E-state index contributed by atoms with van der Waals surface area (Å²) in [6.07, 6.45) is -0.955. The van der Waals surface area contributed by atoms with Gasteiger partial charge in [-0.1, -0.05) is 0 Å². The highest BCUT2D eigenvalue weighted by atomic mass is 35.5. The van der Waals surface area contributed by atoms with Crippen LogP contribution in [0.15, 0.2) is 0 Å². The standard InChI is InChI=1S/C10H17ClN6O2/c1-5-17(19-7(12)18)9-14-6(11)13-8(15-9)16-10(2,3)4/h5H2,1-4H3,(H2,12,18)(H,13,14,15,16). The fourth-order valence-corrected chi connectivity index (χ4v) is 1.35. The molecule has 0 aliphatic heterocycles. The first-order valence-electron chi connectivity index (χ1n) is 5.66. The Morgan fingerprint density at radius 1 is 1.42 bits per heavy atom. The maximum Gasteiger partial charge on any atom is 0.429 e. The van der Waals surface area contributed by atoms with Crippen molar-refractivity contribution >= 4 is 29.6 Å². The van der Waals surface area contributed by atoms with E-state index in [0.29, 0.717) is 6.54 Å². The fourth-order valence-electron chi connectivity index (χ4n) is 1.20. The Bertz CT molecular complexity index is 462. The molecule has 1 aromatic rings. The summed E-state index contributed by atoms with van der Waals surface area (Å²) in [6.45, 7) is 7.90. The predicted octanol–water partition coefficient (Wildman–Crippen LogP) is 1.57. The zero-order chi connectivity index (χ0) is 14.6. The second kappa shape index (κ2) is 5.87. The van der Waals surface area contributed by atoms with Gasteiger partial charge in [0, 0.05) is 5.54 Å². The van der Waals surface area contributed by atoms with E-state index in [4.69, 9.17) is 22.2 Å². The van der Waals surface area contributed by atoms with E-state index < -0.39 is 6.09 Å². The van der Waals surface area contributed by atoms with Gasteiger partial charge in [0.2, 0.25) is 11.2 Å². The molecule has 0 radical (unpaired) electrons. The number of amides is 1. The number of carbonyl (C=O) groups excluding carboxylic acids is 1. The van der Waals surface area contributed by atoms with Gasteiger partial charge < -0.3 is 15.9 Å². The van der Waals surface area contributed by atoms with Gasteiger partial charge in [0.05, 0.1) is 6.54 Å². The number of hydrogen-bond acceptors (Lipinski definition) is 7. The number of carbonyl (C=O) groups is 1. The molecule has 0 saturated heterocycles. The molecule has 106 valence electrons. The van der Waals surface area contributed by atoms with Gasteiger partial charge >= 0.3 is 6.09 Å². The zero-order valence-electron chi connectivity index (χ0n) is 11.3. The molecule has 0 saturated carbocycles. The number of hydrogen-bond donors (Lipinski definition) is 2. The Labute approximate surface area is 116 Å². The topological polar surface area (TPSA) is 106 Å². The summed E-state index contributed by atoms with van der Waals surface area (Å²) in [7, 11) is 0. The lowest BCUT2D eigenvalue weighted by molar-refractivity contribution is 0.142. The van der Waals surface area contributed by atoms with Crippen molar-refractivity contribution in [2.75, 3.05) is 16.9 Å². The minimum absolute atomic E-state index is 0.0109. The van der Waals surface area contributed by atoms with Crippen LogP contribution in [0.4, 0.5) is 16.7 Å². The van der Waals surface area contributed by atoms with Crippen LogP contribution in [0.2, 0.25) is 5.28 Å². The van der Waals surface area contributed by atoms with Gasteiger partial charge in [-0.05, 0) is 39.3 Å². The molecule has 1 amide bonds. The van der Waals surface area contributed by atoms with Crippen molar-refractivity contribution in [2.24, 2.45) is 5.73 Å². The minimum Gasteiger partial charge on any atom is -0.349 e. The van der Waals surface area contributed by atoms with Crippen molar-refractivity contribution in [2.45, 2.75) is 33.2 Å². The molecule has 9 heteroatoms. The first-order valence-corrected chi connectivity index (χ1v) is 6.04. The normalized spacial score (nSPS) is 11.0. The highest BCUT2D eigenvalue weighted by molar-refractivity contribution is 6.28. The van der Waals surface area contributed by atoms with Gasteiger partial charge in [-0.3, -0.25) is 0 Å². The fraction of sp³-hybridized carbons (Fsp3) is 0.600. The van der Waals surface area contributed by atoms with Gasteiger partial charge in [-0.15, -0.1) is 0 Å². The van der Waals surface area contributed by atoms with E-state index in [0.717, 1.165) is 5.06 Å². The van der Waals surface area contributed by atoms with Crippen LogP contribution in [0.5, 0.6) is 0 Å². The van der Waals surface area contributed by atoms with Crippen LogP contribution in [0.3, 0.4) is 0 Å². The molecule has 0 spiro atoms. The Kier molecular flexibility index (Phi) is 4.71. The number of nitrogens with zero attached hydrogens (tertiary/aromatic N) is 4. The average Bonchev–Trinajstić information content (AvgIpc) is 2.22. The van der Waals surface area contributed by atoms with Crippen LogP contribution in [-0.4, -0.2) is 33.1 Å². The van der Waals surface area contributed by atoms with Crippen molar-refractivity contribution in [3.63, 3.8) is 0 Å². The third-order valence-corrected chi connectivity index (χ3v) is 1.96. The molecule has 1 heterocycles. The van der Waals surface area contributed by atoms with Gasteiger partial charge in [-0.2, -0.15) is 20.0 Å². The molecule has 0 bridgehead atoms. The Balaban J connectivity index is 3.03. The van der Waals surface area contributed by atoms with Crippen molar-refractivity contribution in [1.29, 1.82) is 0 Å². The van der Waals surface area contributed by atoms with Gasteiger partial charge in [-0.25, -0.2) is 4.79 Å². The maximum absolute atomic E-state index is 10.8. The van der Waals surface area contributed by atoms with Crippen molar-refractivity contribution < 1.29 is 9.63 Å². The SMILES string of the molecule is CCN(OC(N)=O)c1nc(Cl)nc(NC(C)(C)C)n1. The number of primary amides is 1. The summed E-state index contributed by atoms with van der Waals surface area (Å²) < 4.78 is 0. The summed E-state index contributed by atoms with van der Waals surface area (Å²) in [5.74, 6) is 0.391. The number of rotatable bonds is 4. The Morgan fingerprint density at radius 3 is 2.53 bits per heavy atom. The van der Waals surface area contributed by atoms with E-state index in [9.17, 15) is 4.79 Å². The van der Waals surface area contributed by atoms with Gasteiger partial charge in [0.25, 0.3) is 5.95 Å². The van der Waals surface area contributed by atoms with Gasteiger partial charge in [0.1, 0.15) is 0 Å². The van der Waals surface area contributed by atoms with E-state index in [1.165, 1.54) is 0 Å². The average molecular weight is 289 g/mol. The van der Waals surface area contributed by atoms with Crippen LogP contribution in [0.25, 0.3) is 0 Å². The molecule has 0 unspecified atom stereocenters. The molecule has 8 nitrogen and oxygen atoms in total. The largest absolute Gasteiger partial charge is 0.429 e. The monoisotopic (exact) mass is 288 g/mol. The van der Waals surface area contributed by atoms with Crippen molar-refractivity contribution in [3.05, 3.63) is 5.28 Å². The highest BCUT2D eigenvalue weighted by Gasteiger charge is 2.17. The second-order valence-electron chi connectivity index (χ2n) is 4.71. The molecule has 0 aliphatic carbocycles. The number of aromatic nitrogens is 3. The molecule has 0 fully saturated rings. The lowest BCUT2D eigenvalue weighted by Crippen LogP contribution is -2.32. The molecular weight excluding hydrogens is 272 g/mol. The molecule has 3 N–H and O–H groups in total. The molecule has 0 atom stereocenters. The number of nitrogens with one attached hydrogen (secondary N) is 1. The lowest BCUT2D eigenvalue weighted by Gasteiger charge is -2.22. The van der Waals surface area contributed by atoms with E-state index in [2.05, 4.69) is 20.3 Å². The number of hydroxylamine groups is 1. The molecule has 1 aromatic heterocycles. The number of nitrogens with two attached hydrogens (primary N) is 1. The quantitative estimate of drug-likeness (QED) is 0.810. The molecule has 0 aliphatic rings. The first-order chi connectivity index (χ1) is 8.71. The van der Waals surface area contributed by atoms with Crippen molar-refractivity contribution in [3.8, 4) is 0 Å². The molecule has 19 heavy (non-hydrogen) atoms. The highest BCUT2D eigenvalue weighted by Crippen LogP contribution is 2.16. The van der Waals surface area contributed by atoms with Crippen LogP contribution in [0, 0.1) is 0 Å². The van der Waals surface area contributed by atoms with Crippen LogP contribution < -0.4 is 16.1 Å². The maximum atomic E-state index is 10.8. The minimum atomic E-state index is -0.955. The summed E-state index contributed by atoms with van der Waals surface area (Å²) in [5, 5.41) is 4.17. The second-order valence-corrected chi connectivity index (χ2v) is 5.05. The third-order valence-electron chi connectivity index (χ3n) is 1.79. The van der Waals surface area contributed by atoms with E-state index in [1.54, 1.807) is 6.92 Å². The van der Waals surface area contributed by atoms with E-state index in [-0.39, 0.29) is 22.7 Å². The van der Waals surface area contributed by atoms with Crippen LogP contribution in [-0.2, 0) is 4.84 Å². The molecule has 1 rings (SSSR count). The smallest absolute Gasteiger partial charge is 0.349 e.